The van der Waals surface area contributed by atoms with Crippen LogP contribution < -0.4 is 14.4 Å². The lowest BCUT2D eigenvalue weighted by Crippen LogP contribution is -2.48. The van der Waals surface area contributed by atoms with E-state index in [0.29, 0.717) is 31.6 Å². The van der Waals surface area contributed by atoms with Crippen molar-refractivity contribution in [3.63, 3.8) is 0 Å². The zero-order chi connectivity index (χ0) is 22.2. The summed E-state index contributed by atoms with van der Waals surface area (Å²) in [4.78, 5) is 13.0. The number of fused-ring (bicyclic) bond motifs is 1. The number of nitrogens with one attached hydrogen (secondary N) is 1. The Morgan fingerprint density at radius 1 is 1.06 bits per heavy atom. The van der Waals surface area contributed by atoms with Gasteiger partial charge in [0.2, 0.25) is 0 Å². The molecule has 0 unspecified atom stereocenters. The first-order valence-corrected chi connectivity index (χ1v) is 12.0. The minimum Gasteiger partial charge on any atom is -0.476 e. The SMILES string of the molecule is O=C(Nc1ccc(Br)c(Cl)c1)[C@H]1CN(S(=O)(=O)c2ccc(Cl)cc2)c2ccccc2O1. The van der Waals surface area contributed by atoms with Gasteiger partial charge in [-0.1, -0.05) is 35.3 Å². The standard InChI is InChI=1S/C21H15BrCl2N2O4S/c22-16-10-7-14(11-17(16)24)25-21(27)20-12-26(18-3-1-2-4-19(18)30-20)31(28,29)15-8-5-13(23)6-9-15/h1-11,20H,12H2,(H,25,27)/t20-/m1/s1. The van der Waals surface area contributed by atoms with Gasteiger partial charge in [0.05, 0.1) is 22.2 Å². The summed E-state index contributed by atoms with van der Waals surface area (Å²) < 4.78 is 34.4. The lowest BCUT2D eigenvalue weighted by molar-refractivity contribution is -0.122. The summed E-state index contributed by atoms with van der Waals surface area (Å²) >= 11 is 15.3. The van der Waals surface area contributed by atoms with Gasteiger partial charge >= 0.3 is 0 Å². The van der Waals surface area contributed by atoms with Crippen LogP contribution in [0.2, 0.25) is 10.0 Å². The fourth-order valence-electron chi connectivity index (χ4n) is 3.10. The van der Waals surface area contributed by atoms with E-state index >= 15 is 0 Å². The van der Waals surface area contributed by atoms with Crippen molar-refractivity contribution in [2.75, 3.05) is 16.2 Å². The average molecular weight is 542 g/mol. The molecule has 1 aliphatic rings. The number of halogens is 3. The minimum atomic E-state index is -3.96. The zero-order valence-electron chi connectivity index (χ0n) is 15.8. The Morgan fingerprint density at radius 3 is 2.48 bits per heavy atom. The first-order chi connectivity index (χ1) is 14.8. The predicted molar refractivity (Wildman–Crippen MR) is 125 cm³/mol. The van der Waals surface area contributed by atoms with Gasteiger partial charge in [-0.3, -0.25) is 9.10 Å². The molecular formula is C21H15BrCl2N2O4S. The van der Waals surface area contributed by atoms with Crippen LogP contribution in [0.5, 0.6) is 5.75 Å². The van der Waals surface area contributed by atoms with Gasteiger partial charge in [-0.2, -0.15) is 0 Å². The Kier molecular flexibility index (Phi) is 6.16. The Balaban J connectivity index is 1.66. The summed E-state index contributed by atoms with van der Waals surface area (Å²) in [5.41, 5.74) is 0.820. The van der Waals surface area contributed by atoms with Crippen molar-refractivity contribution in [1.29, 1.82) is 0 Å². The smallest absolute Gasteiger partial charge is 0.267 e. The van der Waals surface area contributed by atoms with Crippen molar-refractivity contribution >= 4 is 66.4 Å². The quantitative estimate of drug-likeness (QED) is 0.483. The normalized spacial score (nSPS) is 15.7. The molecule has 1 atom stereocenters. The highest BCUT2D eigenvalue weighted by atomic mass is 79.9. The number of rotatable bonds is 4. The Bertz CT molecular complexity index is 1250. The van der Waals surface area contributed by atoms with Crippen LogP contribution in [0.4, 0.5) is 11.4 Å². The van der Waals surface area contributed by atoms with Crippen molar-refractivity contribution < 1.29 is 17.9 Å². The summed E-state index contributed by atoms with van der Waals surface area (Å²) in [5, 5.41) is 3.57. The van der Waals surface area contributed by atoms with E-state index in [-0.39, 0.29) is 11.4 Å². The number of para-hydroxylation sites is 2. The van der Waals surface area contributed by atoms with Gasteiger partial charge in [0, 0.05) is 15.2 Å². The highest BCUT2D eigenvalue weighted by Gasteiger charge is 2.37. The highest BCUT2D eigenvalue weighted by Crippen LogP contribution is 2.37. The number of carbonyl (C=O) groups is 1. The van der Waals surface area contributed by atoms with Crippen molar-refractivity contribution in [2.45, 2.75) is 11.0 Å². The molecule has 0 fully saturated rings. The summed E-state index contributed by atoms with van der Waals surface area (Å²) in [6.07, 6.45) is -1.07. The number of anilines is 2. The van der Waals surface area contributed by atoms with Gasteiger partial charge in [0.25, 0.3) is 15.9 Å². The molecule has 0 saturated carbocycles. The van der Waals surface area contributed by atoms with Crippen LogP contribution in [-0.4, -0.2) is 27.0 Å². The Morgan fingerprint density at radius 2 is 1.77 bits per heavy atom. The predicted octanol–water partition coefficient (Wildman–Crippen LogP) is 5.35. The third kappa shape index (κ3) is 4.52. The van der Waals surface area contributed by atoms with Crippen LogP contribution in [0.1, 0.15) is 0 Å². The maximum Gasteiger partial charge on any atom is 0.267 e. The lowest BCUT2D eigenvalue weighted by Gasteiger charge is -2.34. The van der Waals surface area contributed by atoms with E-state index in [1.807, 2.05) is 0 Å². The van der Waals surface area contributed by atoms with E-state index in [1.165, 1.54) is 28.6 Å². The highest BCUT2D eigenvalue weighted by molar-refractivity contribution is 9.10. The van der Waals surface area contributed by atoms with E-state index in [9.17, 15) is 13.2 Å². The molecule has 0 radical (unpaired) electrons. The summed E-state index contributed by atoms with van der Waals surface area (Å²) in [6, 6.07) is 17.5. The van der Waals surface area contributed by atoms with Gasteiger partial charge in [-0.25, -0.2) is 8.42 Å². The molecule has 0 aromatic heterocycles. The molecule has 0 saturated heterocycles. The van der Waals surface area contributed by atoms with E-state index in [1.54, 1.807) is 42.5 Å². The van der Waals surface area contributed by atoms with Crippen LogP contribution in [0.3, 0.4) is 0 Å². The molecular weight excluding hydrogens is 527 g/mol. The molecule has 0 aliphatic carbocycles. The number of benzene rings is 3. The van der Waals surface area contributed by atoms with Gasteiger partial charge in [0.1, 0.15) is 5.75 Å². The minimum absolute atomic E-state index is 0.0625. The number of carbonyl (C=O) groups excluding carboxylic acids is 1. The largest absolute Gasteiger partial charge is 0.476 e. The molecule has 6 nitrogen and oxygen atoms in total. The topological polar surface area (TPSA) is 75.7 Å². The molecule has 160 valence electrons. The van der Waals surface area contributed by atoms with Crippen LogP contribution in [-0.2, 0) is 14.8 Å². The first kappa shape index (κ1) is 22.0. The fraction of sp³-hybridized carbons (Fsp3) is 0.0952. The van der Waals surface area contributed by atoms with Crippen molar-refractivity contribution in [3.05, 3.63) is 81.2 Å². The third-order valence-electron chi connectivity index (χ3n) is 4.62. The van der Waals surface area contributed by atoms with Crippen molar-refractivity contribution in [1.82, 2.24) is 0 Å². The maximum absolute atomic E-state index is 13.3. The molecule has 1 N–H and O–H groups in total. The van der Waals surface area contributed by atoms with Gasteiger partial charge in [0.15, 0.2) is 6.10 Å². The molecule has 1 amide bonds. The number of hydrogen-bond donors (Lipinski definition) is 1. The third-order valence-corrected chi connectivity index (χ3v) is 7.89. The van der Waals surface area contributed by atoms with E-state index < -0.39 is 22.0 Å². The Labute approximate surface area is 197 Å². The van der Waals surface area contributed by atoms with Gasteiger partial charge < -0.3 is 10.1 Å². The van der Waals surface area contributed by atoms with Crippen LogP contribution >= 0.6 is 39.1 Å². The number of nitrogens with zero attached hydrogens (tertiary/aromatic N) is 1. The van der Waals surface area contributed by atoms with E-state index in [2.05, 4.69) is 21.2 Å². The second-order valence-electron chi connectivity index (χ2n) is 6.68. The molecule has 31 heavy (non-hydrogen) atoms. The lowest BCUT2D eigenvalue weighted by atomic mass is 10.2. The summed E-state index contributed by atoms with van der Waals surface area (Å²) in [6.45, 7) is -0.196. The van der Waals surface area contributed by atoms with Crippen molar-refractivity contribution in [3.8, 4) is 5.75 Å². The van der Waals surface area contributed by atoms with Crippen LogP contribution in [0.15, 0.2) is 76.1 Å². The first-order valence-electron chi connectivity index (χ1n) is 9.05. The van der Waals surface area contributed by atoms with E-state index in [0.717, 1.165) is 0 Å². The zero-order valence-corrected chi connectivity index (χ0v) is 19.7. The molecule has 1 aliphatic heterocycles. The van der Waals surface area contributed by atoms with Crippen LogP contribution in [0, 0.1) is 0 Å². The second kappa shape index (κ2) is 8.70. The maximum atomic E-state index is 13.3. The fourth-order valence-corrected chi connectivity index (χ4v) is 5.13. The number of amides is 1. The molecule has 3 aromatic rings. The molecule has 0 spiro atoms. The number of sulfonamides is 1. The summed E-state index contributed by atoms with van der Waals surface area (Å²) in [7, 11) is -3.96. The summed E-state index contributed by atoms with van der Waals surface area (Å²) in [5.74, 6) is -0.204. The number of ether oxygens (including phenoxy) is 1. The molecule has 1 heterocycles. The Hall–Kier alpha value is -2.26. The second-order valence-corrected chi connectivity index (χ2v) is 10.2. The van der Waals surface area contributed by atoms with E-state index in [4.69, 9.17) is 27.9 Å². The number of hydrogen-bond acceptors (Lipinski definition) is 4. The molecule has 0 bridgehead atoms. The molecule has 10 heteroatoms. The monoisotopic (exact) mass is 540 g/mol. The van der Waals surface area contributed by atoms with Gasteiger partial charge in [-0.05, 0) is 70.5 Å². The molecule has 4 rings (SSSR count). The molecule has 3 aromatic carbocycles. The van der Waals surface area contributed by atoms with Crippen molar-refractivity contribution in [2.24, 2.45) is 0 Å². The average Bonchev–Trinajstić information content (AvgIpc) is 2.75. The van der Waals surface area contributed by atoms with Crippen LogP contribution in [0.25, 0.3) is 0 Å². The van der Waals surface area contributed by atoms with Gasteiger partial charge in [-0.15, -0.1) is 0 Å².